The number of carbonyl (C=O) groups excluding carboxylic acids is 1. The van der Waals surface area contributed by atoms with Crippen LogP contribution in [0.2, 0.25) is 0 Å². The van der Waals surface area contributed by atoms with E-state index in [0.717, 1.165) is 54.4 Å². The maximum absolute atomic E-state index is 12.8. The van der Waals surface area contributed by atoms with Gasteiger partial charge in [0.15, 0.2) is 0 Å². The van der Waals surface area contributed by atoms with E-state index in [-0.39, 0.29) is 5.91 Å². The number of anilines is 1. The van der Waals surface area contributed by atoms with Crippen molar-refractivity contribution in [2.24, 2.45) is 5.92 Å². The quantitative estimate of drug-likeness (QED) is 0.716. The van der Waals surface area contributed by atoms with E-state index in [9.17, 15) is 4.79 Å². The Morgan fingerprint density at radius 1 is 1.14 bits per heavy atom. The molecule has 28 heavy (non-hydrogen) atoms. The normalized spacial score (nSPS) is 17.5. The second-order valence-corrected chi connectivity index (χ2v) is 7.43. The standard InChI is InChI=1S/C22H25N5O/c23-22-25-12-17(13-26-22)15-27-10-4-5-16(14-27)11-24-21(28)20-9-3-7-18-6-1-2-8-19(18)20/h1-3,6-9,12-13,16H,4-5,10-11,14-15H2,(H,24,28)(H2,23,25,26). The molecule has 0 aliphatic carbocycles. The molecule has 1 aromatic heterocycles. The SMILES string of the molecule is Nc1ncc(CN2CCCC(CNC(=O)c3cccc4ccccc34)C2)cn1. The van der Waals surface area contributed by atoms with Gasteiger partial charge in [0, 0.05) is 43.2 Å². The van der Waals surface area contributed by atoms with Gasteiger partial charge in [0.05, 0.1) is 0 Å². The van der Waals surface area contributed by atoms with Crippen molar-refractivity contribution in [3.8, 4) is 0 Å². The second-order valence-electron chi connectivity index (χ2n) is 7.43. The lowest BCUT2D eigenvalue weighted by molar-refractivity contribution is 0.0932. The van der Waals surface area contributed by atoms with Crippen molar-refractivity contribution in [3.05, 3.63) is 66.0 Å². The second kappa shape index (κ2) is 8.35. The fraction of sp³-hybridized carbons (Fsp3) is 0.318. The molecule has 0 spiro atoms. The largest absolute Gasteiger partial charge is 0.368 e. The van der Waals surface area contributed by atoms with E-state index in [1.807, 2.05) is 42.5 Å². The first kappa shape index (κ1) is 18.4. The number of hydrogen-bond acceptors (Lipinski definition) is 5. The van der Waals surface area contributed by atoms with Crippen molar-refractivity contribution in [2.45, 2.75) is 19.4 Å². The molecule has 3 aromatic rings. The van der Waals surface area contributed by atoms with Crippen LogP contribution in [0.3, 0.4) is 0 Å². The Kier molecular flexibility index (Phi) is 5.48. The summed E-state index contributed by atoms with van der Waals surface area (Å²) in [5, 5.41) is 5.23. The summed E-state index contributed by atoms with van der Waals surface area (Å²) in [5.41, 5.74) is 7.36. The fourth-order valence-corrected chi connectivity index (χ4v) is 3.92. The summed E-state index contributed by atoms with van der Waals surface area (Å²) >= 11 is 0. The molecule has 1 unspecified atom stereocenters. The van der Waals surface area contributed by atoms with E-state index in [2.05, 4.69) is 20.2 Å². The van der Waals surface area contributed by atoms with Gasteiger partial charge in [-0.2, -0.15) is 0 Å². The summed E-state index contributed by atoms with van der Waals surface area (Å²) < 4.78 is 0. The van der Waals surface area contributed by atoms with Crippen LogP contribution in [0.1, 0.15) is 28.8 Å². The van der Waals surface area contributed by atoms with Gasteiger partial charge in [-0.15, -0.1) is 0 Å². The third-order valence-electron chi connectivity index (χ3n) is 5.32. The zero-order valence-corrected chi connectivity index (χ0v) is 15.8. The predicted octanol–water partition coefficient (Wildman–Crippen LogP) is 2.85. The zero-order valence-electron chi connectivity index (χ0n) is 15.8. The summed E-state index contributed by atoms with van der Waals surface area (Å²) in [4.78, 5) is 23.3. The lowest BCUT2D eigenvalue weighted by Crippen LogP contribution is -2.40. The van der Waals surface area contributed by atoms with Crippen molar-refractivity contribution >= 4 is 22.6 Å². The molecule has 0 bridgehead atoms. The van der Waals surface area contributed by atoms with E-state index in [1.54, 1.807) is 12.4 Å². The molecule has 2 heterocycles. The number of nitrogens with one attached hydrogen (secondary N) is 1. The molecular formula is C22H25N5O. The van der Waals surface area contributed by atoms with Crippen LogP contribution in [0, 0.1) is 5.92 Å². The number of rotatable bonds is 5. The Morgan fingerprint density at radius 3 is 2.79 bits per heavy atom. The monoisotopic (exact) mass is 375 g/mol. The smallest absolute Gasteiger partial charge is 0.251 e. The number of nitrogens with two attached hydrogens (primary N) is 1. The van der Waals surface area contributed by atoms with Gasteiger partial charge < -0.3 is 11.1 Å². The molecule has 1 aliphatic rings. The van der Waals surface area contributed by atoms with Gasteiger partial charge in [0.1, 0.15) is 0 Å². The van der Waals surface area contributed by atoms with Crippen LogP contribution in [0.25, 0.3) is 10.8 Å². The average molecular weight is 375 g/mol. The molecule has 6 nitrogen and oxygen atoms in total. The van der Waals surface area contributed by atoms with E-state index < -0.39 is 0 Å². The highest BCUT2D eigenvalue weighted by Gasteiger charge is 2.21. The van der Waals surface area contributed by atoms with Crippen LogP contribution < -0.4 is 11.1 Å². The predicted molar refractivity (Wildman–Crippen MR) is 111 cm³/mol. The number of hydrogen-bond donors (Lipinski definition) is 2. The first-order chi connectivity index (χ1) is 13.7. The molecule has 1 fully saturated rings. The van der Waals surface area contributed by atoms with Crippen LogP contribution in [-0.4, -0.2) is 40.4 Å². The van der Waals surface area contributed by atoms with Crippen molar-refractivity contribution in [1.82, 2.24) is 20.2 Å². The molecule has 0 radical (unpaired) electrons. The molecule has 1 amide bonds. The summed E-state index contributed by atoms with van der Waals surface area (Å²) in [6, 6.07) is 13.9. The molecule has 1 atom stereocenters. The Balaban J connectivity index is 1.35. The Labute approximate surface area is 164 Å². The Bertz CT molecular complexity index is 951. The maximum atomic E-state index is 12.8. The van der Waals surface area contributed by atoms with E-state index in [0.29, 0.717) is 18.4 Å². The molecule has 4 rings (SSSR count). The van der Waals surface area contributed by atoms with Crippen LogP contribution in [0.15, 0.2) is 54.9 Å². The molecule has 2 aromatic carbocycles. The van der Waals surface area contributed by atoms with Crippen molar-refractivity contribution in [2.75, 3.05) is 25.4 Å². The third kappa shape index (κ3) is 4.28. The third-order valence-corrected chi connectivity index (χ3v) is 5.32. The molecule has 1 saturated heterocycles. The highest BCUT2D eigenvalue weighted by Crippen LogP contribution is 2.20. The zero-order chi connectivity index (χ0) is 19.3. The molecule has 3 N–H and O–H groups in total. The van der Waals surface area contributed by atoms with Crippen LogP contribution in [0.4, 0.5) is 5.95 Å². The molecule has 144 valence electrons. The van der Waals surface area contributed by atoms with Crippen LogP contribution in [0.5, 0.6) is 0 Å². The Morgan fingerprint density at radius 2 is 1.93 bits per heavy atom. The highest BCUT2D eigenvalue weighted by atomic mass is 16.1. The van der Waals surface area contributed by atoms with Crippen molar-refractivity contribution < 1.29 is 4.79 Å². The minimum Gasteiger partial charge on any atom is -0.368 e. The number of fused-ring (bicyclic) bond motifs is 1. The molecule has 1 aliphatic heterocycles. The van der Waals surface area contributed by atoms with Gasteiger partial charge in [-0.25, -0.2) is 9.97 Å². The van der Waals surface area contributed by atoms with Gasteiger partial charge in [0.25, 0.3) is 5.91 Å². The number of nitrogen functional groups attached to an aromatic ring is 1. The Hall–Kier alpha value is -2.99. The number of amides is 1. The highest BCUT2D eigenvalue weighted by molar-refractivity contribution is 6.06. The van der Waals surface area contributed by atoms with Crippen LogP contribution >= 0.6 is 0 Å². The fourth-order valence-electron chi connectivity index (χ4n) is 3.92. The van der Waals surface area contributed by atoms with Crippen LogP contribution in [-0.2, 0) is 6.54 Å². The van der Waals surface area contributed by atoms with Gasteiger partial charge >= 0.3 is 0 Å². The molecule has 6 heteroatoms. The molecular weight excluding hydrogens is 350 g/mol. The topological polar surface area (TPSA) is 84.1 Å². The number of aromatic nitrogens is 2. The summed E-state index contributed by atoms with van der Waals surface area (Å²) in [6.07, 6.45) is 5.83. The lowest BCUT2D eigenvalue weighted by Gasteiger charge is -2.32. The minimum atomic E-state index is 0.000794. The number of piperidine rings is 1. The van der Waals surface area contributed by atoms with E-state index >= 15 is 0 Å². The number of carbonyl (C=O) groups is 1. The summed E-state index contributed by atoms with van der Waals surface area (Å²) in [6.45, 7) is 3.52. The van der Waals surface area contributed by atoms with Crippen molar-refractivity contribution in [1.29, 1.82) is 0 Å². The number of benzene rings is 2. The van der Waals surface area contributed by atoms with Crippen molar-refractivity contribution in [3.63, 3.8) is 0 Å². The first-order valence-corrected chi connectivity index (χ1v) is 9.74. The number of nitrogens with zero attached hydrogens (tertiary/aromatic N) is 3. The van der Waals surface area contributed by atoms with E-state index in [1.165, 1.54) is 0 Å². The van der Waals surface area contributed by atoms with Gasteiger partial charge in [-0.3, -0.25) is 9.69 Å². The maximum Gasteiger partial charge on any atom is 0.251 e. The summed E-state index contributed by atoms with van der Waals surface area (Å²) in [5.74, 6) is 0.750. The average Bonchev–Trinajstić information content (AvgIpc) is 2.73. The summed E-state index contributed by atoms with van der Waals surface area (Å²) in [7, 11) is 0. The lowest BCUT2D eigenvalue weighted by atomic mass is 9.97. The molecule has 0 saturated carbocycles. The van der Waals surface area contributed by atoms with Gasteiger partial charge in [0.2, 0.25) is 5.95 Å². The van der Waals surface area contributed by atoms with Gasteiger partial charge in [-0.1, -0.05) is 36.4 Å². The first-order valence-electron chi connectivity index (χ1n) is 9.74. The minimum absolute atomic E-state index is 0.000794. The van der Waals surface area contributed by atoms with Gasteiger partial charge in [-0.05, 0) is 42.1 Å². The number of likely N-dealkylation sites (tertiary alicyclic amines) is 1. The van der Waals surface area contributed by atoms with E-state index in [4.69, 9.17) is 5.73 Å².